The Morgan fingerprint density at radius 2 is 2.10 bits per heavy atom. The molecule has 0 fully saturated rings. The minimum atomic E-state index is -1.01. The van der Waals surface area contributed by atoms with Gasteiger partial charge in [0, 0.05) is 11.6 Å². The third-order valence-electron chi connectivity index (χ3n) is 2.47. The molecular formula is C14H14ClNO3S. The van der Waals surface area contributed by atoms with E-state index in [9.17, 15) is 4.79 Å². The SMILES string of the molecule is CC(C)OC(=O)C(S)Oc1ccc(Cl)c2cccnc12. The van der Waals surface area contributed by atoms with Crippen molar-refractivity contribution in [3.63, 3.8) is 0 Å². The minimum absolute atomic E-state index is 0.221. The molecule has 1 unspecified atom stereocenters. The fraction of sp³-hybridized carbons (Fsp3) is 0.286. The number of ether oxygens (including phenoxy) is 2. The van der Waals surface area contributed by atoms with Crippen molar-refractivity contribution in [2.24, 2.45) is 0 Å². The Morgan fingerprint density at radius 3 is 2.80 bits per heavy atom. The molecule has 0 bridgehead atoms. The van der Waals surface area contributed by atoms with E-state index in [1.54, 1.807) is 38.2 Å². The topological polar surface area (TPSA) is 48.4 Å². The Balaban J connectivity index is 2.26. The molecule has 2 aromatic rings. The summed E-state index contributed by atoms with van der Waals surface area (Å²) < 4.78 is 10.5. The predicted octanol–water partition coefficient (Wildman–Crippen LogP) is 3.47. The van der Waals surface area contributed by atoms with E-state index in [2.05, 4.69) is 17.6 Å². The van der Waals surface area contributed by atoms with E-state index < -0.39 is 11.4 Å². The van der Waals surface area contributed by atoms with Crippen LogP contribution in [0, 0.1) is 0 Å². The number of carbonyl (C=O) groups is 1. The zero-order valence-electron chi connectivity index (χ0n) is 11.0. The highest BCUT2D eigenvalue weighted by atomic mass is 35.5. The summed E-state index contributed by atoms with van der Waals surface area (Å²) >= 11 is 10.2. The second-order valence-corrected chi connectivity index (χ2v) is 5.28. The van der Waals surface area contributed by atoms with Gasteiger partial charge in [-0.05, 0) is 38.1 Å². The molecule has 0 amide bonds. The number of hydrogen-bond acceptors (Lipinski definition) is 5. The number of thiol groups is 1. The average molecular weight is 312 g/mol. The van der Waals surface area contributed by atoms with Crippen molar-refractivity contribution in [2.45, 2.75) is 25.4 Å². The van der Waals surface area contributed by atoms with Crippen LogP contribution >= 0.6 is 24.2 Å². The first-order chi connectivity index (χ1) is 9.49. The van der Waals surface area contributed by atoms with E-state index in [0.717, 1.165) is 5.39 Å². The lowest BCUT2D eigenvalue weighted by Crippen LogP contribution is -2.26. The Kier molecular flexibility index (Phi) is 4.73. The van der Waals surface area contributed by atoms with Gasteiger partial charge in [0.1, 0.15) is 11.3 Å². The molecule has 4 nitrogen and oxygen atoms in total. The fourth-order valence-electron chi connectivity index (χ4n) is 1.67. The third-order valence-corrected chi connectivity index (χ3v) is 3.12. The number of nitrogens with zero attached hydrogens (tertiary/aromatic N) is 1. The van der Waals surface area contributed by atoms with Gasteiger partial charge in [0.05, 0.1) is 11.1 Å². The van der Waals surface area contributed by atoms with Crippen LogP contribution in [-0.4, -0.2) is 22.5 Å². The van der Waals surface area contributed by atoms with Gasteiger partial charge in [-0.15, -0.1) is 12.6 Å². The summed E-state index contributed by atoms with van der Waals surface area (Å²) in [5, 5.41) is 1.32. The summed E-state index contributed by atoms with van der Waals surface area (Å²) in [5.74, 6) is -0.104. The standard InChI is InChI=1S/C14H14ClNO3S/c1-8(2)18-13(17)14(20)19-11-6-5-10(15)9-4-3-7-16-12(9)11/h3-8,14,20H,1-2H3. The van der Waals surface area contributed by atoms with Crippen LogP contribution in [0.3, 0.4) is 0 Å². The number of carbonyl (C=O) groups excluding carboxylic acids is 1. The molecule has 0 saturated heterocycles. The first kappa shape index (κ1) is 14.9. The van der Waals surface area contributed by atoms with Crippen molar-refractivity contribution in [3.05, 3.63) is 35.5 Å². The van der Waals surface area contributed by atoms with Crippen molar-refractivity contribution in [1.82, 2.24) is 4.98 Å². The van der Waals surface area contributed by atoms with E-state index in [-0.39, 0.29) is 6.10 Å². The number of halogens is 1. The maximum atomic E-state index is 11.7. The van der Waals surface area contributed by atoms with E-state index in [1.807, 2.05) is 6.07 Å². The maximum absolute atomic E-state index is 11.7. The zero-order chi connectivity index (χ0) is 14.7. The van der Waals surface area contributed by atoms with Crippen molar-refractivity contribution in [2.75, 3.05) is 0 Å². The van der Waals surface area contributed by atoms with Gasteiger partial charge >= 0.3 is 5.97 Å². The molecule has 0 saturated carbocycles. The third kappa shape index (κ3) is 3.35. The molecule has 0 radical (unpaired) electrons. The quantitative estimate of drug-likeness (QED) is 0.533. The van der Waals surface area contributed by atoms with Crippen LogP contribution in [0.2, 0.25) is 5.02 Å². The van der Waals surface area contributed by atoms with Crippen LogP contribution in [0.25, 0.3) is 10.9 Å². The summed E-state index contributed by atoms with van der Waals surface area (Å²) in [5.41, 5.74) is -0.430. The summed E-state index contributed by atoms with van der Waals surface area (Å²) in [4.78, 5) is 15.9. The highest BCUT2D eigenvalue weighted by Crippen LogP contribution is 2.30. The van der Waals surface area contributed by atoms with Gasteiger partial charge in [0.25, 0.3) is 0 Å². The maximum Gasteiger partial charge on any atom is 0.358 e. The number of pyridine rings is 1. The normalized spacial score (nSPS) is 12.4. The molecule has 0 N–H and O–H groups in total. The van der Waals surface area contributed by atoms with Crippen LogP contribution in [0.15, 0.2) is 30.5 Å². The second kappa shape index (κ2) is 6.33. The molecule has 20 heavy (non-hydrogen) atoms. The second-order valence-electron chi connectivity index (χ2n) is 4.40. The molecule has 6 heteroatoms. The van der Waals surface area contributed by atoms with Gasteiger partial charge in [0.15, 0.2) is 0 Å². The van der Waals surface area contributed by atoms with Crippen molar-refractivity contribution in [1.29, 1.82) is 0 Å². The largest absolute Gasteiger partial charge is 0.466 e. The number of fused-ring (bicyclic) bond motifs is 1. The molecule has 1 aromatic heterocycles. The zero-order valence-corrected chi connectivity index (χ0v) is 12.7. The van der Waals surface area contributed by atoms with Crippen LogP contribution in [-0.2, 0) is 9.53 Å². The number of hydrogen-bond donors (Lipinski definition) is 1. The number of aromatic nitrogens is 1. The molecule has 0 aliphatic rings. The molecule has 106 valence electrons. The Hall–Kier alpha value is -1.46. The van der Waals surface area contributed by atoms with Gasteiger partial charge < -0.3 is 9.47 Å². The molecule has 0 aliphatic carbocycles. The molecule has 1 aromatic carbocycles. The first-order valence-corrected chi connectivity index (χ1v) is 6.97. The minimum Gasteiger partial charge on any atom is -0.466 e. The highest BCUT2D eigenvalue weighted by molar-refractivity contribution is 7.81. The van der Waals surface area contributed by atoms with Gasteiger partial charge in [-0.25, -0.2) is 4.79 Å². The van der Waals surface area contributed by atoms with Crippen molar-refractivity contribution in [3.8, 4) is 5.75 Å². The van der Waals surface area contributed by atoms with Crippen LogP contribution in [0.5, 0.6) is 5.75 Å². The summed E-state index contributed by atoms with van der Waals surface area (Å²) in [6, 6.07) is 6.96. The Bertz CT molecular complexity index is 633. The lowest BCUT2D eigenvalue weighted by Gasteiger charge is -2.16. The summed E-state index contributed by atoms with van der Waals surface area (Å²) in [6.45, 7) is 3.52. The lowest BCUT2D eigenvalue weighted by molar-refractivity contribution is -0.151. The Morgan fingerprint density at radius 1 is 1.35 bits per heavy atom. The molecule has 0 spiro atoms. The molecule has 1 atom stereocenters. The lowest BCUT2D eigenvalue weighted by atomic mass is 10.2. The predicted molar refractivity (Wildman–Crippen MR) is 81.4 cm³/mol. The number of esters is 1. The van der Waals surface area contributed by atoms with Gasteiger partial charge in [-0.3, -0.25) is 4.98 Å². The highest BCUT2D eigenvalue weighted by Gasteiger charge is 2.20. The van der Waals surface area contributed by atoms with Crippen LogP contribution < -0.4 is 4.74 Å². The van der Waals surface area contributed by atoms with E-state index in [0.29, 0.717) is 16.3 Å². The summed E-state index contributed by atoms with van der Waals surface area (Å²) in [7, 11) is 0. The van der Waals surface area contributed by atoms with Crippen molar-refractivity contribution < 1.29 is 14.3 Å². The van der Waals surface area contributed by atoms with E-state index >= 15 is 0 Å². The molecule has 2 rings (SSSR count). The number of benzene rings is 1. The monoisotopic (exact) mass is 311 g/mol. The smallest absolute Gasteiger partial charge is 0.358 e. The fourth-order valence-corrected chi connectivity index (χ4v) is 2.06. The summed E-state index contributed by atoms with van der Waals surface area (Å²) in [6.07, 6.45) is 1.41. The number of rotatable bonds is 4. The van der Waals surface area contributed by atoms with Gasteiger partial charge in [0.2, 0.25) is 5.44 Å². The van der Waals surface area contributed by atoms with Crippen LogP contribution in [0.4, 0.5) is 0 Å². The van der Waals surface area contributed by atoms with Gasteiger partial charge in [-0.1, -0.05) is 11.6 Å². The Labute approximate surface area is 127 Å². The van der Waals surface area contributed by atoms with E-state index in [4.69, 9.17) is 21.1 Å². The molecule has 0 aliphatic heterocycles. The molecule has 1 heterocycles. The van der Waals surface area contributed by atoms with E-state index in [1.165, 1.54) is 0 Å². The molecular weight excluding hydrogens is 298 g/mol. The first-order valence-electron chi connectivity index (χ1n) is 6.07. The average Bonchev–Trinajstić information content (AvgIpc) is 2.41. The van der Waals surface area contributed by atoms with Crippen molar-refractivity contribution >= 4 is 41.1 Å². The van der Waals surface area contributed by atoms with Crippen LogP contribution in [0.1, 0.15) is 13.8 Å². The van der Waals surface area contributed by atoms with Gasteiger partial charge in [-0.2, -0.15) is 0 Å².